The number of aliphatic hydroxyl groups is 1. The lowest BCUT2D eigenvalue weighted by Gasteiger charge is -2.16. The van der Waals surface area contributed by atoms with E-state index in [0.29, 0.717) is 12.6 Å². The molecule has 0 saturated heterocycles. The van der Waals surface area contributed by atoms with Crippen LogP contribution in [-0.4, -0.2) is 22.7 Å². The number of aliphatic hydroxyl groups excluding tert-OH is 1. The minimum atomic E-state index is 0.290. The second-order valence-corrected chi connectivity index (χ2v) is 6.18. The molecule has 2 fully saturated rings. The quantitative estimate of drug-likeness (QED) is 0.782. The maximum Gasteiger partial charge on any atom is 0.0959 e. The largest absolute Gasteiger partial charge is 0.396 e. The highest BCUT2D eigenvalue weighted by Gasteiger charge is 2.30. The molecule has 94 valence electrons. The normalized spacial score (nSPS) is 21.7. The van der Waals surface area contributed by atoms with Gasteiger partial charge in [-0.15, -0.1) is 11.3 Å². The highest BCUT2D eigenvalue weighted by atomic mass is 32.1. The highest BCUT2D eigenvalue weighted by Crippen LogP contribution is 2.41. The summed E-state index contributed by atoms with van der Waals surface area (Å²) in [6.45, 7) is 1.16. The summed E-state index contributed by atoms with van der Waals surface area (Å²) in [5.41, 5.74) is 1.18. The van der Waals surface area contributed by atoms with Crippen LogP contribution in [0.4, 0.5) is 0 Å². The first-order valence-electron chi connectivity index (χ1n) is 6.65. The first-order valence-corrected chi connectivity index (χ1v) is 7.53. The van der Waals surface area contributed by atoms with Crippen molar-refractivity contribution in [1.29, 1.82) is 0 Å². The lowest BCUT2D eigenvalue weighted by Crippen LogP contribution is -2.31. The smallest absolute Gasteiger partial charge is 0.0959 e. The number of rotatable bonds is 7. The molecule has 1 heterocycles. The van der Waals surface area contributed by atoms with Crippen molar-refractivity contribution in [2.24, 2.45) is 5.92 Å². The summed E-state index contributed by atoms with van der Waals surface area (Å²) in [6.07, 6.45) is 6.18. The van der Waals surface area contributed by atoms with E-state index in [2.05, 4.69) is 15.7 Å². The topological polar surface area (TPSA) is 45.1 Å². The summed E-state index contributed by atoms with van der Waals surface area (Å²) in [5.74, 6) is 1.56. The molecule has 2 aliphatic rings. The Morgan fingerprint density at radius 3 is 2.88 bits per heavy atom. The van der Waals surface area contributed by atoms with E-state index in [1.807, 2.05) is 11.3 Å². The van der Waals surface area contributed by atoms with Crippen molar-refractivity contribution in [1.82, 2.24) is 10.3 Å². The van der Waals surface area contributed by atoms with Gasteiger partial charge in [0.1, 0.15) is 0 Å². The molecule has 0 bridgehead atoms. The van der Waals surface area contributed by atoms with Gasteiger partial charge < -0.3 is 10.4 Å². The predicted molar refractivity (Wildman–Crippen MR) is 69.1 cm³/mol. The van der Waals surface area contributed by atoms with Gasteiger partial charge >= 0.3 is 0 Å². The summed E-state index contributed by atoms with van der Waals surface area (Å²) in [6, 6.07) is 0.492. The van der Waals surface area contributed by atoms with Gasteiger partial charge in [-0.2, -0.15) is 0 Å². The van der Waals surface area contributed by atoms with Crippen LogP contribution in [0.1, 0.15) is 48.7 Å². The fourth-order valence-electron chi connectivity index (χ4n) is 2.30. The van der Waals surface area contributed by atoms with Crippen LogP contribution in [0.15, 0.2) is 5.38 Å². The Labute approximate surface area is 106 Å². The van der Waals surface area contributed by atoms with E-state index >= 15 is 0 Å². The third kappa shape index (κ3) is 3.06. The summed E-state index contributed by atoms with van der Waals surface area (Å²) >= 11 is 1.81. The minimum Gasteiger partial charge on any atom is -0.396 e. The molecule has 0 spiro atoms. The predicted octanol–water partition coefficient (Wildman–Crippen LogP) is 2.27. The van der Waals surface area contributed by atoms with Gasteiger partial charge in [0.05, 0.1) is 10.7 Å². The molecule has 0 aliphatic heterocycles. The van der Waals surface area contributed by atoms with Crippen LogP contribution in [0.3, 0.4) is 0 Å². The minimum absolute atomic E-state index is 0.290. The Morgan fingerprint density at radius 1 is 1.41 bits per heavy atom. The first-order chi connectivity index (χ1) is 8.36. The Morgan fingerprint density at radius 2 is 2.24 bits per heavy atom. The van der Waals surface area contributed by atoms with E-state index < -0.39 is 0 Å². The van der Waals surface area contributed by atoms with Crippen LogP contribution in [-0.2, 0) is 6.54 Å². The zero-order chi connectivity index (χ0) is 11.7. The molecule has 2 aliphatic carbocycles. The number of hydrogen-bond acceptors (Lipinski definition) is 4. The summed E-state index contributed by atoms with van der Waals surface area (Å²) in [5, 5.41) is 16.1. The van der Waals surface area contributed by atoms with Crippen molar-refractivity contribution in [3.05, 3.63) is 16.1 Å². The van der Waals surface area contributed by atoms with E-state index in [-0.39, 0.29) is 0 Å². The molecule has 1 aromatic rings. The van der Waals surface area contributed by atoms with E-state index in [1.54, 1.807) is 0 Å². The van der Waals surface area contributed by atoms with E-state index in [0.717, 1.165) is 24.8 Å². The maximum absolute atomic E-state index is 9.04. The molecule has 17 heavy (non-hydrogen) atoms. The molecule has 0 aromatic carbocycles. The van der Waals surface area contributed by atoms with Crippen molar-refractivity contribution in [3.8, 4) is 0 Å². The second-order valence-electron chi connectivity index (χ2n) is 5.29. The monoisotopic (exact) mass is 252 g/mol. The molecular formula is C13H20N2OS. The lowest BCUT2D eigenvalue weighted by atomic mass is 10.1. The van der Waals surface area contributed by atoms with Crippen molar-refractivity contribution in [2.45, 2.75) is 50.6 Å². The summed E-state index contributed by atoms with van der Waals surface area (Å²) in [4.78, 5) is 4.68. The molecule has 2 N–H and O–H groups in total. The number of nitrogens with zero attached hydrogens (tertiary/aromatic N) is 1. The third-order valence-electron chi connectivity index (χ3n) is 3.67. The summed E-state index contributed by atoms with van der Waals surface area (Å²) in [7, 11) is 0. The number of nitrogens with one attached hydrogen (secondary N) is 1. The molecule has 0 amide bonds. The van der Waals surface area contributed by atoms with Gasteiger partial charge in [-0.1, -0.05) is 0 Å². The number of aromatic nitrogens is 1. The van der Waals surface area contributed by atoms with Crippen LogP contribution in [0.5, 0.6) is 0 Å². The van der Waals surface area contributed by atoms with Crippen molar-refractivity contribution in [2.75, 3.05) is 6.61 Å². The summed E-state index contributed by atoms with van der Waals surface area (Å²) < 4.78 is 0. The number of hydrogen-bond donors (Lipinski definition) is 2. The Hall–Kier alpha value is -0.450. The molecule has 3 rings (SSSR count). The maximum atomic E-state index is 9.04. The average molecular weight is 252 g/mol. The molecule has 4 heteroatoms. The first kappa shape index (κ1) is 11.6. The van der Waals surface area contributed by atoms with Crippen molar-refractivity contribution < 1.29 is 5.11 Å². The average Bonchev–Trinajstić information content (AvgIpc) is 3.23. The van der Waals surface area contributed by atoms with Gasteiger partial charge in [0.2, 0.25) is 0 Å². The zero-order valence-electron chi connectivity index (χ0n) is 10.1. The molecule has 2 saturated carbocycles. The molecule has 3 nitrogen and oxygen atoms in total. The molecule has 1 aromatic heterocycles. The van der Waals surface area contributed by atoms with Gasteiger partial charge in [-0.05, 0) is 38.0 Å². The fourth-order valence-corrected chi connectivity index (χ4v) is 3.29. The van der Waals surface area contributed by atoms with Gasteiger partial charge in [0.25, 0.3) is 0 Å². The van der Waals surface area contributed by atoms with Gasteiger partial charge in [-0.25, -0.2) is 4.98 Å². The molecule has 1 unspecified atom stereocenters. The van der Waals surface area contributed by atoms with Crippen LogP contribution in [0, 0.1) is 5.92 Å². The molecular weight excluding hydrogens is 232 g/mol. The highest BCUT2D eigenvalue weighted by molar-refractivity contribution is 7.09. The van der Waals surface area contributed by atoms with E-state index in [9.17, 15) is 0 Å². The van der Waals surface area contributed by atoms with E-state index in [1.165, 1.54) is 36.4 Å². The second kappa shape index (κ2) is 5.04. The third-order valence-corrected chi connectivity index (χ3v) is 4.73. The van der Waals surface area contributed by atoms with Crippen LogP contribution in [0.2, 0.25) is 0 Å². The van der Waals surface area contributed by atoms with Crippen LogP contribution >= 0.6 is 11.3 Å². The van der Waals surface area contributed by atoms with Gasteiger partial charge in [0.15, 0.2) is 0 Å². The van der Waals surface area contributed by atoms with Crippen molar-refractivity contribution >= 4 is 11.3 Å². The van der Waals surface area contributed by atoms with Crippen LogP contribution < -0.4 is 5.32 Å². The van der Waals surface area contributed by atoms with E-state index in [4.69, 9.17) is 5.11 Å². The Bertz CT molecular complexity index is 371. The molecule has 1 atom stereocenters. The van der Waals surface area contributed by atoms with Crippen LogP contribution in [0.25, 0.3) is 0 Å². The molecule has 0 radical (unpaired) electrons. The SMILES string of the molecule is OCCC(NCc1csc(C2CC2)n1)C1CC1. The van der Waals surface area contributed by atoms with Gasteiger partial charge in [0, 0.05) is 30.5 Å². The van der Waals surface area contributed by atoms with Crippen molar-refractivity contribution in [3.63, 3.8) is 0 Å². The Balaban J connectivity index is 1.50. The zero-order valence-corrected chi connectivity index (χ0v) is 10.9. The lowest BCUT2D eigenvalue weighted by molar-refractivity contribution is 0.255. The number of thiazole rings is 1. The Kier molecular flexibility index (Phi) is 3.45. The van der Waals surface area contributed by atoms with Gasteiger partial charge in [-0.3, -0.25) is 0 Å². The standard InChI is InChI=1S/C13H20N2OS/c16-6-5-12(9-1-2-9)14-7-11-8-17-13(15-11)10-3-4-10/h8-10,12,14,16H,1-7H2. The fraction of sp³-hybridized carbons (Fsp3) is 0.769.